The third kappa shape index (κ3) is 6.83. The Kier molecular flexibility index (Phi) is 8.45. The van der Waals surface area contributed by atoms with Gasteiger partial charge in [0, 0.05) is 45.1 Å². The van der Waals surface area contributed by atoms with Crippen molar-refractivity contribution in [1.82, 2.24) is 25.1 Å². The minimum absolute atomic E-state index is 0.0981. The number of hydrogen-bond donors (Lipinski definition) is 2. The summed E-state index contributed by atoms with van der Waals surface area (Å²) in [6, 6.07) is 6.85. The predicted octanol–water partition coefficient (Wildman–Crippen LogP) is 2.04. The summed E-state index contributed by atoms with van der Waals surface area (Å²) < 4.78 is 21.0. The highest BCUT2D eigenvalue weighted by Gasteiger charge is 2.22. The number of halogens is 1. The lowest BCUT2D eigenvalue weighted by Gasteiger charge is -2.34. The van der Waals surface area contributed by atoms with Crippen molar-refractivity contribution in [3.63, 3.8) is 0 Å². The summed E-state index contributed by atoms with van der Waals surface area (Å²) in [7, 11) is 0. The van der Waals surface area contributed by atoms with Crippen LogP contribution < -0.4 is 10.6 Å². The molecule has 1 aromatic heterocycles. The van der Waals surface area contributed by atoms with Crippen molar-refractivity contribution < 1.29 is 9.13 Å². The van der Waals surface area contributed by atoms with E-state index in [4.69, 9.17) is 9.73 Å². The summed E-state index contributed by atoms with van der Waals surface area (Å²) in [5.41, 5.74) is 1.08. The zero-order chi connectivity index (χ0) is 20.3. The molecule has 0 bridgehead atoms. The SMILES string of the molecule is CCNC(=NCC(c1ccc(F)cc1)N1CCOCC1)NCCCn1ccnc1. The Morgan fingerprint density at radius 3 is 2.72 bits per heavy atom. The fourth-order valence-electron chi connectivity index (χ4n) is 3.41. The largest absolute Gasteiger partial charge is 0.379 e. The molecular weight excluding hydrogens is 371 g/mol. The van der Waals surface area contributed by atoms with E-state index in [1.54, 1.807) is 6.20 Å². The molecule has 1 aliphatic heterocycles. The first kappa shape index (κ1) is 21.3. The molecule has 1 saturated heterocycles. The quantitative estimate of drug-likeness (QED) is 0.382. The molecule has 0 saturated carbocycles. The monoisotopic (exact) mass is 402 g/mol. The summed E-state index contributed by atoms with van der Waals surface area (Å²) in [5.74, 6) is 0.587. The second kappa shape index (κ2) is 11.5. The van der Waals surface area contributed by atoms with Crippen molar-refractivity contribution in [3.05, 3.63) is 54.4 Å². The molecule has 1 unspecified atom stereocenters. The number of aliphatic imine (C=N–C) groups is 1. The fourth-order valence-corrected chi connectivity index (χ4v) is 3.41. The van der Waals surface area contributed by atoms with Gasteiger partial charge in [-0.05, 0) is 31.0 Å². The van der Waals surface area contributed by atoms with Gasteiger partial charge in [0.2, 0.25) is 0 Å². The lowest BCUT2D eigenvalue weighted by atomic mass is 10.0. The Morgan fingerprint density at radius 2 is 2.03 bits per heavy atom. The summed E-state index contributed by atoms with van der Waals surface area (Å²) in [6.45, 7) is 8.33. The third-order valence-corrected chi connectivity index (χ3v) is 4.95. The molecule has 8 heteroatoms. The number of guanidine groups is 1. The molecule has 1 fully saturated rings. The predicted molar refractivity (Wildman–Crippen MR) is 112 cm³/mol. The molecule has 1 aliphatic rings. The highest BCUT2D eigenvalue weighted by molar-refractivity contribution is 5.79. The van der Waals surface area contributed by atoms with Crippen LogP contribution >= 0.6 is 0 Å². The fraction of sp³-hybridized carbons (Fsp3) is 0.524. The van der Waals surface area contributed by atoms with Gasteiger partial charge in [-0.1, -0.05) is 12.1 Å². The molecule has 1 aromatic carbocycles. The van der Waals surface area contributed by atoms with E-state index in [0.29, 0.717) is 19.8 Å². The number of hydrogen-bond acceptors (Lipinski definition) is 4. The van der Waals surface area contributed by atoms with Gasteiger partial charge in [-0.2, -0.15) is 0 Å². The maximum atomic E-state index is 13.4. The van der Waals surface area contributed by atoms with Crippen LogP contribution in [0.25, 0.3) is 0 Å². The molecule has 0 aliphatic carbocycles. The number of aryl methyl sites for hydroxylation is 1. The first-order chi connectivity index (χ1) is 14.3. The zero-order valence-electron chi connectivity index (χ0n) is 17.1. The molecule has 2 aromatic rings. The van der Waals surface area contributed by atoms with Crippen LogP contribution in [0.3, 0.4) is 0 Å². The minimum atomic E-state index is -0.217. The maximum Gasteiger partial charge on any atom is 0.191 e. The smallest absolute Gasteiger partial charge is 0.191 e. The van der Waals surface area contributed by atoms with E-state index < -0.39 is 0 Å². The number of morpholine rings is 1. The van der Waals surface area contributed by atoms with E-state index in [-0.39, 0.29) is 11.9 Å². The van der Waals surface area contributed by atoms with Gasteiger partial charge in [-0.3, -0.25) is 9.89 Å². The molecule has 2 heterocycles. The second-order valence-corrected chi connectivity index (χ2v) is 7.02. The van der Waals surface area contributed by atoms with Gasteiger partial charge < -0.3 is 19.9 Å². The Morgan fingerprint density at radius 1 is 1.24 bits per heavy atom. The minimum Gasteiger partial charge on any atom is -0.379 e. The van der Waals surface area contributed by atoms with Gasteiger partial charge >= 0.3 is 0 Å². The molecule has 158 valence electrons. The van der Waals surface area contributed by atoms with Crippen LogP contribution in [-0.2, 0) is 11.3 Å². The van der Waals surface area contributed by atoms with E-state index in [9.17, 15) is 4.39 Å². The average Bonchev–Trinajstić information content (AvgIpc) is 3.27. The van der Waals surface area contributed by atoms with Crippen LogP contribution in [-0.4, -0.2) is 66.3 Å². The van der Waals surface area contributed by atoms with Crippen molar-refractivity contribution in [3.8, 4) is 0 Å². The summed E-state index contributed by atoms with van der Waals surface area (Å²) in [6.07, 6.45) is 6.57. The van der Waals surface area contributed by atoms with Crippen molar-refractivity contribution in [2.75, 3.05) is 45.9 Å². The van der Waals surface area contributed by atoms with E-state index in [1.807, 2.05) is 24.7 Å². The maximum absolute atomic E-state index is 13.4. The number of nitrogens with zero attached hydrogens (tertiary/aromatic N) is 4. The number of ether oxygens (including phenoxy) is 1. The first-order valence-electron chi connectivity index (χ1n) is 10.3. The van der Waals surface area contributed by atoms with Gasteiger partial charge in [0.15, 0.2) is 5.96 Å². The van der Waals surface area contributed by atoms with Crippen LogP contribution in [0, 0.1) is 5.82 Å². The summed E-state index contributed by atoms with van der Waals surface area (Å²) >= 11 is 0. The van der Waals surface area contributed by atoms with E-state index in [2.05, 4.69) is 32.0 Å². The molecule has 7 nitrogen and oxygen atoms in total. The van der Waals surface area contributed by atoms with Crippen molar-refractivity contribution >= 4 is 5.96 Å². The van der Waals surface area contributed by atoms with E-state index in [1.165, 1.54) is 12.1 Å². The average molecular weight is 403 g/mol. The lowest BCUT2D eigenvalue weighted by molar-refractivity contribution is 0.0179. The normalized spacial score (nSPS) is 16.6. The molecular formula is C21H31FN6O. The van der Waals surface area contributed by atoms with Gasteiger partial charge in [0.1, 0.15) is 5.82 Å². The lowest BCUT2D eigenvalue weighted by Crippen LogP contribution is -2.42. The van der Waals surface area contributed by atoms with E-state index in [0.717, 1.165) is 50.7 Å². The van der Waals surface area contributed by atoms with Crippen LogP contribution in [0.15, 0.2) is 48.0 Å². The standard InChI is InChI=1S/C21H31FN6O/c1-2-24-21(25-8-3-10-27-11-9-23-17-27)26-16-20(28-12-14-29-15-13-28)18-4-6-19(22)7-5-18/h4-7,9,11,17,20H,2-3,8,10,12-16H2,1H3,(H2,24,25,26). The molecule has 0 amide bonds. The number of benzene rings is 1. The Hall–Kier alpha value is -2.45. The Balaban J connectivity index is 1.61. The highest BCUT2D eigenvalue weighted by atomic mass is 19.1. The molecule has 1 atom stereocenters. The third-order valence-electron chi connectivity index (χ3n) is 4.95. The molecule has 0 spiro atoms. The van der Waals surface area contributed by atoms with Gasteiger partial charge in [0.05, 0.1) is 32.1 Å². The van der Waals surface area contributed by atoms with Crippen molar-refractivity contribution in [2.24, 2.45) is 4.99 Å². The molecule has 2 N–H and O–H groups in total. The summed E-state index contributed by atoms with van der Waals surface area (Å²) in [4.78, 5) is 11.2. The van der Waals surface area contributed by atoms with Crippen molar-refractivity contribution in [2.45, 2.75) is 25.9 Å². The topological polar surface area (TPSA) is 66.7 Å². The second-order valence-electron chi connectivity index (χ2n) is 7.02. The zero-order valence-corrected chi connectivity index (χ0v) is 17.1. The van der Waals surface area contributed by atoms with Crippen LogP contribution in [0.1, 0.15) is 24.9 Å². The van der Waals surface area contributed by atoms with Gasteiger partial charge in [0.25, 0.3) is 0 Å². The number of rotatable bonds is 9. The summed E-state index contributed by atoms with van der Waals surface area (Å²) in [5, 5.41) is 6.72. The molecule has 29 heavy (non-hydrogen) atoms. The molecule has 3 rings (SSSR count). The Labute approximate surface area is 172 Å². The van der Waals surface area contributed by atoms with Crippen LogP contribution in [0.5, 0.6) is 0 Å². The van der Waals surface area contributed by atoms with Crippen LogP contribution in [0.4, 0.5) is 4.39 Å². The number of nitrogens with one attached hydrogen (secondary N) is 2. The van der Waals surface area contributed by atoms with Gasteiger partial charge in [-0.25, -0.2) is 9.37 Å². The number of aromatic nitrogens is 2. The first-order valence-corrected chi connectivity index (χ1v) is 10.3. The van der Waals surface area contributed by atoms with Crippen LogP contribution in [0.2, 0.25) is 0 Å². The number of imidazole rings is 1. The highest BCUT2D eigenvalue weighted by Crippen LogP contribution is 2.22. The van der Waals surface area contributed by atoms with Crippen molar-refractivity contribution in [1.29, 1.82) is 0 Å². The van der Waals surface area contributed by atoms with Gasteiger partial charge in [-0.15, -0.1) is 0 Å². The Bertz CT molecular complexity index is 728. The molecule has 0 radical (unpaired) electrons. The van der Waals surface area contributed by atoms with E-state index >= 15 is 0 Å².